The highest BCUT2D eigenvalue weighted by Gasteiger charge is 2.22. The first-order chi connectivity index (χ1) is 10.1. The molecule has 1 heterocycles. The summed E-state index contributed by atoms with van der Waals surface area (Å²) in [4.78, 5) is 36.2. The predicted octanol–water partition coefficient (Wildman–Crippen LogP) is 0.391. The van der Waals surface area contributed by atoms with Crippen LogP contribution in [0.15, 0.2) is 24.3 Å². The van der Waals surface area contributed by atoms with Gasteiger partial charge in [0.1, 0.15) is 0 Å². The van der Waals surface area contributed by atoms with Gasteiger partial charge in [0.25, 0.3) is 5.91 Å². The van der Waals surface area contributed by atoms with Gasteiger partial charge in [0, 0.05) is 25.5 Å². The number of carboxylic acid groups (broad SMARTS) is 1. The van der Waals surface area contributed by atoms with Crippen LogP contribution < -0.4 is 10.4 Å². The third kappa shape index (κ3) is 4.05. The van der Waals surface area contributed by atoms with E-state index in [2.05, 4.69) is 5.32 Å². The fraction of sp³-hybridized carbons (Fsp3) is 0.400. The number of nitrogens with one attached hydrogen (secondary N) is 1. The molecule has 0 atom stereocenters. The first-order valence-electron chi connectivity index (χ1n) is 6.96. The topological polar surface area (TPSA) is 89.5 Å². The highest BCUT2D eigenvalue weighted by atomic mass is 16.4. The number of carbonyl (C=O) groups excluding carboxylic acids is 3. The molecule has 2 rings (SSSR count). The molecular weight excluding hydrogens is 272 g/mol. The molecule has 6 nitrogen and oxygen atoms in total. The average molecular weight is 289 g/mol. The Morgan fingerprint density at radius 2 is 1.76 bits per heavy atom. The van der Waals surface area contributed by atoms with Gasteiger partial charge in [0.05, 0.1) is 11.3 Å². The van der Waals surface area contributed by atoms with E-state index in [9.17, 15) is 19.5 Å². The third-order valence-electron chi connectivity index (χ3n) is 3.38. The molecule has 1 aliphatic heterocycles. The van der Waals surface area contributed by atoms with Crippen molar-refractivity contribution in [1.82, 2.24) is 4.90 Å². The summed E-state index contributed by atoms with van der Waals surface area (Å²) in [5.41, 5.74) is 0.846. The number of benzene rings is 1. The van der Waals surface area contributed by atoms with Crippen molar-refractivity contribution >= 4 is 23.5 Å². The number of amides is 2. The smallest absolute Gasteiger partial charge is 0.255 e. The fourth-order valence-electron chi connectivity index (χ4n) is 2.30. The number of hydrogen-bond donors (Lipinski definition) is 1. The molecule has 0 bridgehead atoms. The van der Waals surface area contributed by atoms with Crippen molar-refractivity contribution in [3.8, 4) is 0 Å². The number of likely N-dealkylation sites (tertiary alicyclic amines) is 1. The summed E-state index contributed by atoms with van der Waals surface area (Å²) in [6.07, 6.45) is 1.47. The van der Waals surface area contributed by atoms with Crippen LogP contribution in [0.4, 0.5) is 5.69 Å². The van der Waals surface area contributed by atoms with Crippen molar-refractivity contribution in [3.05, 3.63) is 29.8 Å². The largest absolute Gasteiger partial charge is 0.550 e. The second-order valence-electron chi connectivity index (χ2n) is 4.97. The van der Waals surface area contributed by atoms with Crippen molar-refractivity contribution in [2.75, 3.05) is 18.4 Å². The van der Waals surface area contributed by atoms with Gasteiger partial charge in [-0.1, -0.05) is 12.1 Å². The highest BCUT2D eigenvalue weighted by Crippen LogP contribution is 2.20. The zero-order chi connectivity index (χ0) is 15.2. The molecule has 1 N–H and O–H groups in total. The number of carboxylic acids is 1. The lowest BCUT2D eigenvalue weighted by molar-refractivity contribution is -0.305. The summed E-state index contributed by atoms with van der Waals surface area (Å²) in [6, 6.07) is 6.75. The summed E-state index contributed by atoms with van der Waals surface area (Å²) >= 11 is 0. The summed E-state index contributed by atoms with van der Waals surface area (Å²) in [7, 11) is 0. The highest BCUT2D eigenvalue weighted by molar-refractivity contribution is 6.04. The number of hydrogen-bond acceptors (Lipinski definition) is 4. The Morgan fingerprint density at radius 1 is 1.10 bits per heavy atom. The standard InChI is InChI=1S/C15H18N2O4/c18-13(7-8-14(19)20)16-12-6-2-1-5-11(12)15(21)17-9-3-4-10-17/h1-2,5-6H,3-4,7-10H2,(H,16,18)(H,19,20)/p-1. The quantitative estimate of drug-likeness (QED) is 0.849. The van der Waals surface area contributed by atoms with Gasteiger partial charge in [-0.25, -0.2) is 0 Å². The van der Waals surface area contributed by atoms with Gasteiger partial charge < -0.3 is 20.1 Å². The molecule has 1 aliphatic rings. The maximum absolute atomic E-state index is 12.4. The third-order valence-corrected chi connectivity index (χ3v) is 3.38. The lowest BCUT2D eigenvalue weighted by Crippen LogP contribution is -2.29. The van der Waals surface area contributed by atoms with Crippen LogP contribution in [0.5, 0.6) is 0 Å². The van der Waals surface area contributed by atoms with Crippen molar-refractivity contribution in [3.63, 3.8) is 0 Å². The van der Waals surface area contributed by atoms with E-state index in [0.717, 1.165) is 25.9 Å². The molecule has 1 saturated heterocycles. The molecule has 6 heteroatoms. The Kier molecular flexibility index (Phi) is 4.92. The van der Waals surface area contributed by atoms with Gasteiger partial charge in [-0.05, 0) is 31.4 Å². The minimum Gasteiger partial charge on any atom is -0.550 e. The lowest BCUT2D eigenvalue weighted by Gasteiger charge is -2.18. The molecule has 2 amide bonds. The summed E-state index contributed by atoms with van der Waals surface area (Å²) in [5.74, 6) is -1.82. The molecule has 0 saturated carbocycles. The van der Waals surface area contributed by atoms with Gasteiger partial charge in [0.15, 0.2) is 0 Å². The van der Waals surface area contributed by atoms with E-state index >= 15 is 0 Å². The molecule has 1 aromatic carbocycles. The monoisotopic (exact) mass is 289 g/mol. The number of para-hydroxylation sites is 1. The van der Waals surface area contributed by atoms with Gasteiger partial charge >= 0.3 is 0 Å². The van der Waals surface area contributed by atoms with Crippen LogP contribution in [0.1, 0.15) is 36.0 Å². The van der Waals surface area contributed by atoms with Crippen LogP contribution in [-0.4, -0.2) is 35.8 Å². The molecule has 21 heavy (non-hydrogen) atoms. The second kappa shape index (κ2) is 6.88. The number of carbonyl (C=O) groups is 3. The molecule has 1 fully saturated rings. The first kappa shape index (κ1) is 15.0. The number of nitrogens with zero attached hydrogens (tertiary/aromatic N) is 1. The van der Waals surface area contributed by atoms with E-state index < -0.39 is 11.9 Å². The predicted molar refractivity (Wildman–Crippen MR) is 74.5 cm³/mol. The zero-order valence-electron chi connectivity index (χ0n) is 11.6. The van der Waals surface area contributed by atoms with E-state index in [1.165, 1.54) is 0 Å². The normalized spacial score (nSPS) is 14.0. The van der Waals surface area contributed by atoms with E-state index in [0.29, 0.717) is 11.3 Å². The Labute approximate surface area is 122 Å². The Morgan fingerprint density at radius 3 is 2.43 bits per heavy atom. The first-order valence-corrected chi connectivity index (χ1v) is 6.96. The van der Waals surface area contributed by atoms with E-state index in [1.807, 2.05) is 0 Å². The molecule has 0 spiro atoms. The molecule has 112 valence electrons. The maximum Gasteiger partial charge on any atom is 0.255 e. The lowest BCUT2D eigenvalue weighted by atomic mass is 10.1. The van der Waals surface area contributed by atoms with E-state index in [1.54, 1.807) is 29.2 Å². The molecule has 0 aliphatic carbocycles. The fourth-order valence-corrected chi connectivity index (χ4v) is 2.30. The zero-order valence-corrected chi connectivity index (χ0v) is 11.6. The van der Waals surface area contributed by atoms with Crippen LogP contribution in [0.3, 0.4) is 0 Å². The van der Waals surface area contributed by atoms with Crippen LogP contribution in [0, 0.1) is 0 Å². The van der Waals surface area contributed by atoms with E-state index in [-0.39, 0.29) is 18.7 Å². The van der Waals surface area contributed by atoms with Crippen molar-refractivity contribution < 1.29 is 19.5 Å². The molecule has 0 radical (unpaired) electrons. The molecule has 1 aromatic rings. The number of rotatable bonds is 5. The Balaban J connectivity index is 2.07. The molecule has 0 aromatic heterocycles. The van der Waals surface area contributed by atoms with Gasteiger partial charge in [0.2, 0.25) is 5.91 Å². The SMILES string of the molecule is O=C([O-])CCC(=O)Nc1ccccc1C(=O)N1CCCC1. The van der Waals surface area contributed by atoms with Crippen LogP contribution in [0.2, 0.25) is 0 Å². The summed E-state index contributed by atoms with van der Waals surface area (Å²) in [5, 5.41) is 12.9. The number of aliphatic carboxylic acids is 1. The van der Waals surface area contributed by atoms with Crippen LogP contribution in [0.25, 0.3) is 0 Å². The molecule has 0 unspecified atom stereocenters. The van der Waals surface area contributed by atoms with Gasteiger partial charge in [-0.2, -0.15) is 0 Å². The number of anilines is 1. The van der Waals surface area contributed by atoms with Crippen LogP contribution >= 0.6 is 0 Å². The second-order valence-corrected chi connectivity index (χ2v) is 4.97. The van der Waals surface area contributed by atoms with E-state index in [4.69, 9.17) is 0 Å². The van der Waals surface area contributed by atoms with Crippen LogP contribution in [-0.2, 0) is 9.59 Å². The van der Waals surface area contributed by atoms with Crippen molar-refractivity contribution in [2.24, 2.45) is 0 Å². The van der Waals surface area contributed by atoms with Crippen molar-refractivity contribution in [1.29, 1.82) is 0 Å². The van der Waals surface area contributed by atoms with Gasteiger partial charge in [-0.3, -0.25) is 9.59 Å². The molecular formula is C15H17N2O4-. The Hall–Kier alpha value is -2.37. The Bertz CT molecular complexity index is 550. The maximum atomic E-state index is 12.4. The average Bonchev–Trinajstić information content (AvgIpc) is 2.99. The summed E-state index contributed by atoms with van der Waals surface area (Å²) in [6.45, 7) is 1.46. The minimum atomic E-state index is -1.27. The minimum absolute atomic E-state index is 0.108. The van der Waals surface area contributed by atoms with Crippen molar-refractivity contribution in [2.45, 2.75) is 25.7 Å². The summed E-state index contributed by atoms with van der Waals surface area (Å²) < 4.78 is 0. The van der Waals surface area contributed by atoms with Gasteiger partial charge in [-0.15, -0.1) is 0 Å².